The van der Waals surface area contributed by atoms with E-state index in [0.29, 0.717) is 5.75 Å². The van der Waals surface area contributed by atoms with Gasteiger partial charge in [0.15, 0.2) is 11.0 Å². The fraction of sp³-hybridized carbons (Fsp3) is 0.409. The van der Waals surface area contributed by atoms with Crippen molar-refractivity contribution in [3.05, 3.63) is 53.5 Å². The third kappa shape index (κ3) is 4.44. The van der Waals surface area contributed by atoms with E-state index in [1.165, 1.54) is 22.9 Å². The number of carbonyl (C=O) groups is 1. The second-order valence-corrected chi connectivity index (χ2v) is 8.57. The van der Waals surface area contributed by atoms with Crippen molar-refractivity contribution in [3.8, 4) is 11.4 Å². The van der Waals surface area contributed by atoms with E-state index >= 15 is 0 Å². The standard InChI is InChI=1S/C22H27N5O2S/c1-16-6-4-5-7-18(16)14-26-9-11-27(12-10-26)20(28)15-30-22-24-23-21(25(22)3)19-8-13-29-17(19)2/h4-8,13H,9-12,14-15H2,1-3H3. The Morgan fingerprint density at radius 3 is 2.57 bits per heavy atom. The SMILES string of the molecule is Cc1ccccc1CN1CCN(C(=O)CSc2nnc(-c3ccoc3C)n2C)CC1. The van der Waals surface area contributed by atoms with Gasteiger partial charge in [-0.1, -0.05) is 36.0 Å². The van der Waals surface area contributed by atoms with Crippen LogP contribution in [0.2, 0.25) is 0 Å². The topological polar surface area (TPSA) is 67.4 Å². The first kappa shape index (κ1) is 20.7. The van der Waals surface area contributed by atoms with Crippen molar-refractivity contribution in [1.82, 2.24) is 24.6 Å². The first-order valence-corrected chi connectivity index (χ1v) is 11.1. The Balaban J connectivity index is 1.28. The highest BCUT2D eigenvalue weighted by atomic mass is 32.2. The Hall–Kier alpha value is -2.58. The van der Waals surface area contributed by atoms with Crippen molar-refractivity contribution >= 4 is 17.7 Å². The molecule has 30 heavy (non-hydrogen) atoms. The third-order valence-electron chi connectivity index (χ3n) is 5.64. The number of amides is 1. The van der Waals surface area contributed by atoms with Crippen LogP contribution in [0.3, 0.4) is 0 Å². The number of thioether (sulfide) groups is 1. The lowest BCUT2D eigenvalue weighted by molar-refractivity contribution is -0.130. The van der Waals surface area contributed by atoms with Crippen LogP contribution in [-0.2, 0) is 18.4 Å². The van der Waals surface area contributed by atoms with Gasteiger partial charge in [0.2, 0.25) is 5.91 Å². The second-order valence-electron chi connectivity index (χ2n) is 7.63. The minimum absolute atomic E-state index is 0.152. The fourth-order valence-corrected chi connectivity index (χ4v) is 4.51. The highest BCUT2D eigenvalue weighted by Crippen LogP contribution is 2.26. The maximum absolute atomic E-state index is 12.7. The largest absolute Gasteiger partial charge is 0.469 e. The molecule has 0 aliphatic carbocycles. The lowest BCUT2D eigenvalue weighted by Gasteiger charge is -2.35. The molecule has 2 aromatic heterocycles. The summed E-state index contributed by atoms with van der Waals surface area (Å²) in [7, 11) is 1.92. The molecule has 0 radical (unpaired) electrons. The third-order valence-corrected chi connectivity index (χ3v) is 6.64. The fourth-order valence-electron chi connectivity index (χ4n) is 3.69. The number of carbonyl (C=O) groups excluding carboxylic acids is 1. The van der Waals surface area contributed by atoms with Crippen LogP contribution in [0.15, 0.2) is 46.2 Å². The van der Waals surface area contributed by atoms with E-state index in [2.05, 4.69) is 46.3 Å². The van der Waals surface area contributed by atoms with E-state index in [4.69, 9.17) is 4.42 Å². The molecule has 1 aromatic carbocycles. The van der Waals surface area contributed by atoms with Gasteiger partial charge in [-0.15, -0.1) is 10.2 Å². The van der Waals surface area contributed by atoms with Gasteiger partial charge >= 0.3 is 0 Å². The molecular weight excluding hydrogens is 398 g/mol. The van der Waals surface area contributed by atoms with Crippen LogP contribution in [0.4, 0.5) is 0 Å². The quantitative estimate of drug-likeness (QED) is 0.565. The molecule has 4 rings (SSSR count). The Morgan fingerprint density at radius 1 is 1.10 bits per heavy atom. The van der Waals surface area contributed by atoms with Gasteiger partial charge in [0.1, 0.15) is 5.76 Å². The zero-order chi connectivity index (χ0) is 21.1. The maximum atomic E-state index is 12.7. The molecule has 1 aliphatic rings. The summed E-state index contributed by atoms with van der Waals surface area (Å²) in [5.41, 5.74) is 3.60. The molecule has 1 amide bonds. The summed E-state index contributed by atoms with van der Waals surface area (Å²) in [5, 5.41) is 9.25. The van der Waals surface area contributed by atoms with E-state index in [1.807, 2.05) is 29.5 Å². The average molecular weight is 426 g/mol. The molecule has 0 spiro atoms. The lowest BCUT2D eigenvalue weighted by atomic mass is 10.1. The number of piperazine rings is 1. The van der Waals surface area contributed by atoms with Gasteiger partial charge in [-0.2, -0.15) is 0 Å². The van der Waals surface area contributed by atoms with Gasteiger partial charge in [0.05, 0.1) is 17.6 Å². The van der Waals surface area contributed by atoms with Gasteiger partial charge < -0.3 is 13.9 Å². The normalized spacial score (nSPS) is 15.0. The van der Waals surface area contributed by atoms with Gasteiger partial charge in [0, 0.05) is 39.8 Å². The average Bonchev–Trinajstić information content (AvgIpc) is 3.33. The van der Waals surface area contributed by atoms with E-state index in [1.54, 1.807) is 6.26 Å². The zero-order valence-electron chi connectivity index (χ0n) is 17.7. The van der Waals surface area contributed by atoms with E-state index in [0.717, 1.165) is 55.0 Å². The Labute approximate surface area is 181 Å². The number of nitrogens with zero attached hydrogens (tertiary/aromatic N) is 5. The van der Waals surface area contributed by atoms with Crippen molar-refractivity contribution in [2.75, 3.05) is 31.9 Å². The first-order chi connectivity index (χ1) is 14.5. The monoisotopic (exact) mass is 425 g/mol. The predicted octanol–water partition coefficient (Wildman–Crippen LogP) is 3.13. The molecule has 0 N–H and O–H groups in total. The van der Waals surface area contributed by atoms with Gasteiger partial charge in [-0.25, -0.2) is 0 Å². The van der Waals surface area contributed by atoms with Crippen LogP contribution in [0.1, 0.15) is 16.9 Å². The van der Waals surface area contributed by atoms with Gasteiger partial charge in [-0.05, 0) is 31.0 Å². The van der Waals surface area contributed by atoms with E-state index in [9.17, 15) is 4.79 Å². The summed E-state index contributed by atoms with van der Waals surface area (Å²) in [5.74, 6) is 2.08. The summed E-state index contributed by atoms with van der Waals surface area (Å²) >= 11 is 1.43. The number of aromatic nitrogens is 3. The summed E-state index contributed by atoms with van der Waals surface area (Å²) in [6, 6.07) is 10.4. The summed E-state index contributed by atoms with van der Waals surface area (Å²) in [6.45, 7) is 8.33. The number of aryl methyl sites for hydroxylation is 2. The van der Waals surface area contributed by atoms with Crippen LogP contribution in [0.5, 0.6) is 0 Å². The van der Waals surface area contributed by atoms with Crippen LogP contribution in [0.25, 0.3) is 11.4 Å². The van der Waals surface area contributed by atoms with E-state index in [-0.39, 0.29) is 5.91 Å². The molecule has 0 unspecified atom stereocenters. The Morgan fingerprint density at radius 2 is 1.87 bits per heavy atom. The van der Waals surface area contributed by atoms with Crippen molar-refractivity contribution < 1.29 is 9.21 Å². The number of hydrogen-bond acceptors (Lipinski definition) is 6. The molecule has 1 aliphatic heterocycles. The minimum Gasteiger partial charge on any atom is -0.469 e. The van der Waals surface area contributed by atoms with Crippen molar-refractivity contribution in [2.24, 2.45) is 7.05 Å². The van der Waals surface area contributed by atoms with Gasteiger partial charge in [0.25, 0.3) is 0 Å². The molecule has 158 valence electrons. The second kappa shape index (κ2) is 9.06. The number of furan rings is 1. The van der Waals surface area contributed by atoms with Crippen LogP contribution in [0, 0.1) is 13.8 Å². The Kier molecular flexibility index (Phi) is 6.24. The molecule has 0 saturated carbocycles. The molecule has 8 heteroatoms. The van der Waals surface area contributed by atoms with Crippen molar-refractivity contribution in [1.29, 1.82) is 0 Å². The van der Waals surface area contributed by atoms with Gasteiger partial charge in [-0.3, -0.25) is 9.69 Å². The number of benzene rings is 1. The molecule has 1 fully saturated rings. The molecule has 3 heterocycles. The highest BCUT2D eigenvalue weighted by Gasteiger charge is 2.22. The number of hydrogen-bond donors (Lipinski definition) is 0. The Bertz CT molecular complexity index is 1020. The minimum atomic E-state index is 0.152. The highest BCUT2D eigenvalue weighted by molar-refractivity contribution is 7.99. The molecule has 3 aromatic rings. The molecule has 0 bridgehead atoms. The molecular formula is C22H27N5O2S. The number of rotatable bonds is 6. The molecule has 0 atom stereocenters. The summed E-state index contributed by atoms with van der Waals surface area (Å²) in [6.07, 6.45) is 1.65. The smallest absolute Gasteiger partial charge is 0.233 e. The van der Waals surface area contributed by atoms with E-state index < -0.39 is 0 Å². The molecule has 7 nitrogen and oxygen atoms in total. The van der Waals surface area contributed by atoms with Crippen LogP contribution >= 0.6 is 11.8 Å². The first-order valence-electron chi connectivity index (χ1n) is 10.1. The van der Waals surface area contributed by atoms with Crippen LogP contribution < -0.4 is 0 Å². The van der Waals surface area contributed by atoms with Crippen molar-refractivity contribution in [2.45, 2.75) is 25.5 Å². The predicted molar refractivity (Wildman–Crippen MR) is 117 cm³/mol. The molecule has 1 saturated heterocycles. The van der Waals surface area contributed by atoms with Crippen molar-refractivity contribution in [3.63, 3.8) is 0 Å². The zero-order valence-corrected chi connectivity index (χ0v) is 18.5. The maximum Gasteiger partial charge on any atom is 0.233 e. The lowest BCUT2D eigenvalue weighted by Crippen LogP contribution is -2.48. The summed E-state index contributed by atoms with van der Waals surface area (Å²) < 4.78 is 7.27. The summed E-state index contributed by atoms with van der Waals surface area (Å²) in [4.78, 5) is 17.1. The van der Waals surface area contributed by atoms with Crippen LogP contribution in [-0.4, -0.2) is 62.4 Å².